The van der Waals surface area contributed by atoms with Crippen LogP contribution in [0, 0.1) is 5.82 Å². The predicted octanol–water partition coefficient (Wildman–Crippen LogP) is 5.22. The van der Waals surface area contributed by atoms with E-state index >= 15 is 0 Å². The number of nitrogens with zero attached hydrogens (tertiary/aromatic N) is 2. The van der Waals surface area contributed by atoms with E-state index in [0.29, 0.717) is 23.4 Å². The third-order valence-electron chi connectivity index (χ3n) is 4.77. The largest absolute Gasteiger partial charge is 0.485 e. The van der Waals surface area contributed by atoms with Gasteiger partial charge in [0.2, 0.25) is 0 Å². The molecule has 0 aliphatic carbocycles. The van der Waals surface area contributed by atoms with E-state index in [2.05, 4.69) is 17.0 Å². The monoisotopic (exact) mass is 431 g/mol. The number of para-hydroxylation sites is 1. The lowest BCUT2D eigenvalue weighted by atomic mass is 10.1. The summed E-state index contributed by atoms with van der Waals surface area (Å²) >= 11 is 0. The van der Waals surface area contributed by atoms with Gasteiger partial charge in [0.25, 0.3) is 5.91 Å². The number of hydrogen-bond acceptors (Lipinski definition) is 4. The van der Waals surface area contributed by atoms with Crippen LogP contribution in [0.1, 0.15) is 27.4 Å². The molecule has 0 saturated heterocycles. The van der Waals surface area contributed by atoms with Gasteiger partial charge in [-0.15, -0.1) is 6.58 Å². The molecule has 0 saturated carbocycles. The lowest BCUT2D eigenvalue weighted by molar-refractivity contribution is 0.0992. The first-order chi connectivity index (χ1) is 15.6. The molecule has 1 N–H and O–H groups in total. The van der Waals surface area contributed by atoms with Gasteiger partial charge in [-0.3, -0.25) is 9.48 Å². The first-order valence-corrected chi connectivity index (χ1v) is 10.1. The van der Waals surface area contributed by atoms with Gasteiger partial charge in [0.15, 0.2) is 5.76 Å². The molecular weight excluding hydrogens is 409 g/mol. The van der Waals surface area contributed by atoms with Gasteiger partial charge in [-0.05, 0) is 36.2 Å². The quantitative estimate of drug-likeness (QED) is 0.369. The molecule has 0 fully saturated rings. The second kappa shape index (κ2) is 9.78. The Morgan fingerprint density at radius 1 is 1.12 bits per heavy atom. The van der Waals surface area contributed by atoms with Crippen molar-refractivity contribution in [2.75, 3.05) is 5.32 Å². The van der Waals surface area contributed by atoms with Gasteiger partial charge in [0.05, 0.1) is 18.4 Å². The average Bonchev–Trinajstić information content (AvgIpc) is 3.45. The molecule has 7 heteroatoms. The van der Waals surface area contributed by atoms with E-state index in [1.807, 2.05) is 30.3 Å². The minimum atomic E-state index is -0.409. The van der Waals surface area contributed by atoms with Crippen LogP contribution in [0.2, 0.25) is 0 Å². The first-order valence-electron chi connectivity index (χ1n) is 10.1. The molecular formula is C25H22FN3O3. The van der Waals surface area contributed by atoms with Crippen LogP contribution < -0.4 is 10.1 Å². The van der Waals surface area contributed by atoms with Crippen LogP contribution in [0.4, 0.5) is 10.1 Å². The summed E-state index contributed by atoms with van der Waals surface area (Å²) < 4.78 is 26.8. The fourth-order valence-corrected chi connectivity index (χ4v) is 3.20. The van der Waals surface area contributed by atoms with Gasteiger partial charge in [-0.2, -0.15) is 5.10 Å². The zero-order valence-electron chi connectivity index (χ0n) is 17.3. The van der Waals surface area contributed by atoms with Crippen molar-refractivity contribution in [3.8, 4) is 5.75 Å². The van der Waals surface area contributed by atoms with E-state index in [1.165, 1.54) is 12.3 Å². The van der Waals surface area contributed by atoms with E-state index in [1.54, 1.807) is 41.2 Å². The maximum absolute atomic E-state index is 13.8. The molecule has 0 spiro atoms. The Morgan fingerprint density at radius 3 is 2.72 bits per heavy atom. The van der Waals surface area contributed by atoms with Gasteiger partial charge in [0.1, 0.15) is 23.9 Å². The predicted molar refractivity (Wildman–Crippen MR) is 119 cm³/mol. The summed E-state index contributed by atoms with van der Waals surface area (Å²) in [5.41, 5.74) is 2.03. The van der Waals surface area contributed by atoms with Crippen molar-refractivity contribution in [1.29, 1.82) is 0 Å². The number of allylic oxidation sites excluding steroid dienone is 1. The van der Waals surface area contributed by atoms with Crippen molar-refractivity contribution in [3.63, 3.8) is 0 Å². The topological polar surface area (TPSA) is 69.3 Å². The number of halogens is 1. The number of aromatic nitrogens is 2. The number of carbonyl (C=O) groups excluding carboxylic acids is 1. The normalized spacial score (nSPS) is 10.7. The summed E-state index contributed by atoms with van der Waals surface area (Å²) in [6.45, 7) is 4.22. The highest BCUT2D eigenvalue weighted by molar-refractivity contribution is 6.02. The summed E-state index contributed by atoms with van der Waals surface area (Å²) in [6, 6.07) is 17.5. The van der Waals surface area contributed by atoms with Crippen LogP contribution >= 0.6 is 0 Å². The minimum Gasteiger partial charge on any atom is -0.485 e. The molecule has 0 radical (unpaired) electrons. The summed E-state index contributed by atoms with van der Waals surface area (Å²) in [5.74, 6) is 0.723. The lowest BCUT2D eigenvalue weighted by Crippen LogP contribution is -2.10. The molecule has 0 aliphatic heterocycles. The third-order valence-corrected chi connectivity index (χ3v) is 4.77. The van der Waals surface area contributed by atoms with E-state index in [4.69, 9.17) is 9.15 Å². The molecule has 2 aromatic carbocycles. The number of ether oxygens (including phenoxy) is 1. The van der Waals surface area contributed by atoms with Crippen molar-refractivity contribution >= 4 is 11.6 Å². The molecule has 4 aromatic rings. The Kier molecular flexibility index (Phi) is 6.46. The Labute approximate surface area is 184 Å². The molecule has 0 atom stereocenters. The molecule has 0 bridgehead atoms. The van der Waals surface area contributed by atoms with Crippen LogP contribution in [-0.4, -0.2) is 15.7 Å². The van der Waals surface area contributed by atoms with Gasteiger partial charge in [-0.1, -0.05) is 42.5 Å². The van der Waals surface area contributed by atoms with Gasteiger partial charge < -0.3 is 14.5 Å². The highest BCUT2D eigenvalue weighted by Gasteiger charge is 2.14. The highest BCUT2D eigenvalue weighted by Crippen LogP contribution is 2.21. The van der Waals surface area contributed by atoms with Crippen molar-refractivity contribution in [2.45, 2.75) is 19.6 Å². The van der Waals surface area contributed by atoms with Crippen LogP contribution in [0.3, 0.4) is 0 Å². The zero-order chi connectivity index (χ0) is 22.3. The number of amides is 1. The molecule has 4 rings (SSSR count). The Morgan fingerprint density at radius 2 is 1.91 bits per heavy atom. The highest BCUT2D eigenvalue weighted by atomic mass is 19.1. The third kappa shape index (κ3) is 5.13. The Balaban J connectivity index is 1.35. The lowest BCUT2D eigenvalue weighted by Gasteiger charge is -2.08. The van der Waals surface area contributed by atoms with E-state index < -0.39 is 5.91 Å². The molecule has 2 aromatic heterocycles. The van der Waals surface area contributed by atoms with E-state index in [0.717, 1.165) is 11.3 Å². The molecule has 2 heterocycles. The second-order valence-electron chi connectivity index (χ2n) is 7.13. The minimum absolute atomic E-state index is 0.157. The number of benzene rings is 2. The van der Waals surface area contributed by atoms with Crippen LogP contribution in [0.5, 0.6) is 5.75 Å². The molecule has 0 unspecified atom stereocenters. The smallest absolute Gasteiger partial charge is 0.291 e. The van der Waals surface area contributed by atoms with Crippen molar-refractivity contribution in [3.05, 3.63) is 114 Å². The maximum atomic E-state index is 13.8. The standard InChI is InChI=1S/C25H22FN3O3/c1-2-7-18-8-4-6-11-23(18)31-17-21-12-13-24(32-21)25(30)28-20-14-27-29(16-20)15-19-9-3-5-10-22(19)26/h2-6,8-14,16H,1,7,15,17H2,(H,28,30). The maximum Gasteiger partial charge on any atom is 0.291 e. The molecule has 1 amide bonds. The fourth-order valence-electron chi connectivity index (χ4n) is 3.20. The van der Waals surface area contributed by atoms with E-state index in [9.17, 15) is 9.18 Å². The second-order valence-corrected chi connectivity index (χ2v) is 7.13. The number of carbonyl (C=O) groups is 1. The van der Waals surface area contributed by atoms with Gasteiger partial charge >= 0.3 is 0 Å². The summed E-state index contributed by atoms with van der Waals surface area (Å²) in [5, 5.41) is 6.90. The Bertz CT molecular complexity index is 1230. The number of furan rings is 1. The van der Waals surface area contributed by atoms with E-state index in [-0.39, 0.29) is 24.7 Å². The average molecular weight is 431 g/mol. The first kappa shape index (κ1) is 21.1. The zero-order valence-corrected chi connectivity index (χ0v) is 17.3. The van der Waals surface area contributed by atoms with Crippen molar-refractivity contribution < 1.29 is 18.3 Å². The SMILES string of the molecule is C=CCc1ccccc1OCc1ccc(C(=O)Nc2cnn(Cc3ccccc3F)c2)o1. The van der Waals surface area contributed by atoms with Crippen LogP contribution in [0.25, 0.3) is 0 Å². The summed E-state index contributed by atoms with van der Waals surface area (Å²) in [4.78, 5) is 12.5. The Hall–Kier alpha value is -4.13. The molecule has 162 valence electrons. The van der Waals surface area contributed by atoms with Crippen LogP contribution in [-0.2, 0) is 19.6 Å². The summed E-state index contributed by atoms with van der Waals surface area (Å²) in [7, 11) is 0. The number of hydrogen-bond donors (Lipinski definition) is 1. The molecule has 6 nitrogen and oxygen atoms in total. The summed E-state index contributed by atoms with van der Waals surface area (Å²) in [6.07, 6.45) is 5.65. The van der Waals surface area contributed by atoms with Gasteiger partial charge in [0, 0.05) is 11.8 Å². The van der Waals surface area contributed by atoms with Crippen LogP contribution in [0.15, 0.2) is 90.1 Å². The fraction of sp³-hybridized carbons (Fsp3) is 0.120. The van der Waals surface area contributed by atoms with Crippen molar-refractivity contribution in [1.82, 2.24) is 9.78 Å². The van der Waals surface area contributed by atoms with Gasteiger partial charge in [-0.25, -0.2) is 4.39 Å². The van der Waals surface area contributed by atoms with Crippen molar-refractivity contribution in [2.24, 2.45) is 0 Å². The number of anilines is 1. The molecule has 32 heavy (non-hydrogen) atoms. The molecule has 0 aliphatic rings. The number of nitrogens with one attached hydrogen (secondary N) is 1. The number of rotatable bonds is 9.